The molecule has 1 aromatic heterocycles. The van der Waals surface area contributed by atoms with E-state index in [0.29, 0.717) is 0 Å². The second kappa shape index (κ2) is 8.30. The molecule has 0 aliphatic carbocycles. The summed E-state index contributed by atoms with van der Waals surface area (Å²) in [6.45, 7) is 1.83. The molecule has 0 radical (unpaired) electrons. The third-order valence-electron chi connectivity index (χ3n) is 4.38. The van der Waals surface area contributed by atoms with Crippen molar-refractivity contribution in [1.82, 2.24) is 15.0 Å². The molecule has 28 heavy (non-hydrogen) atoms. The Kier molecular flexibility index (Phi) is 5.83. The number of para-hydroxylation sites is 1. The molecule has 3 rings (SSSR count). The van der Waals surface area contributed by atoms with E-state index < -0.39 is 22.0 Å². The van der Waals surface area contributed by atoms with Crippen LogP contribution in [0.4, 0.5) is 0 Å². The molecule has 0 unspecified atom stereocenters. The van der Waals surface area contributed by atoms with E-state index in [0.717, 1.165) is 22.0 Å². The second-order valence-electron chi connectivity index (χ2n) is 6.48. The van der Waals surface area contributed by atoms with Crippen LogP contribution in [-0.4, -0.2) is 31.9 Å². The zero-order chi connectivity index (χ0) is 20.1. The second-order valence-corrected chi connectivity index (χ2v) is 8.19. The Morgan fingerprint density at radius 1 is 1.21 bits per heavy atom. The number of nitrogens with one attached hydrogen (secondary N) is 3. The number of aromatic nitrogens is 1. The first-order valence-corrected chi connectivity index (χ1v) is 10.2. The molecule has 0 aliphatic rings. The number of aryl methyl sites for hydroxylation is 1. The standard InChI is InChI=1S/C21H21N3O3S/c1-3-11-22-21(25)20(13-16-14-23-19-10-5-4-9-18(16)19)24-28(26,27)17-8-6-7-15(2)12-17/h1,4-10,12,14,20,23-24H,11,13H2,2H3,(H,22,25)/t20-/m0/s1. The van der Waals surface area contributed by atoms with Gasteiger partial charge in [0, 0.05) is 17.1 Å². The fraction of sp³-hybridized carbons (Fsp3) is 0.190. The summed E-state index contributed by atoms with van der Waals surface area (Å²) in [4.78, 5) is 15.8. The summed E-state index contributed by atoms with van der Waals surface area (Å²) < 4.78 is 28.2. The average molecular weight is 395 g/mol. The number of hydrogen-bond acceptors (Lipinski definition) is 3. The highest BCUT2D eigenvalue weighted by molar-refractivity contribution is 7.89. The van der Waals surface area contributed by atoms with Crippen molar-refractivity contribution in [2.24, 2.45) is 0 Å². The SMILES string of the molecule is C#CCNC(=O)[C@H](Cc1c[nH]c2ccccc12)NS(=O)(=O)c1cccc(C)c1. The fourth-order valence-electron chi connectivity index (χ4n) is 3.01. The minimum absolute atomic E-state index is 0.0232. The topological polar surface area (TPSA) is 91.1 Å². The van der Waals surface area contributed by atoms with E-state index in [1.165, 1.54) is 6.07 Å². The third kappa shape index (κ3) is 4.42. The Morgan fingerprint density at radius 2 is 2.00 bits per heavy atom. The van der Waals surface area contributed by atoms with Crippen LogP contribution in [0.5, 0.6) is 0 Å². The van der Waals surface area contributed by atoms with Gasteiger partial charge in [-0.15, -0.1) is 6.42 Å². The molecule has 144 valence electrons. The molecule has 3 aromatic rings. The maximum absolute atomic E-state index is 12.8. The number of fused-ring (bicyclic) bond motifs is 1. The molecule has 7 heteroatoms. The first kappa shape index (κ1) is 19.7. The third-order valence-corrected chi connectivity index (χ3v) is 5.85. The summed E-state index contributed by atoms with van der Waals surface area (Å²) in [6, 6.07) is 13.2. The molecule has 1 amide bonds. The van der Waals surface area contributed by atoms with Crippen molar-refractivity contribution in [2.45, 2.75) is 24.3 Å². The Balaban J connectivity index is 1.91. The van der Waals surface area contributed by atoms with Gasteiger partial charge in [-0.3, -0.25) is 4.79 Å². The van der Waals surface area contributed by atoms with Crippen LogP contribution < -0.4 is 10.0 Å². The number of benzene rings is 2. The van der Waals surface area contributed by atoms with Gasteiger partial charge >= 0.3 is 0 Å². The van der Waals surface area contributed by atoms with E-state index in [4.69, 9.17) is 6.42 Å². The lowest BCUT2D eigenvalue weighted by Crippen LogP contribution is -2.48. The van der Waals surface area contributed by atoms with Crippen LogP contribution in [0.2, 0.25) is 0 Å². The van der Waals surface area contributed by atoms with Crippen molar-refractivity contribution in [3.63, 3.8) is 0 Å². The first-order valence-electron chi connectivity index (χ1n) is 8.76. The van der Waals surface area contributed by atoms with Crippen LogP contribution in [0, 0.1) is 19.3 Å². The van der Waals surface area contributed by atoms with Crippen LogP contribution in [0.1, 0.15) is 11.1 Å². The number of rotatable bonds is 7. The van der Waals surface area contributed by atoms with Gasteiger partial charge in [0.05, 0.1) is 11.4 Å². The molecule has 0 bridgehead atoms. The van der Waals surface area contributed by atoms with Crippen molar-refractivity contribution in [3.05, 3.63) is 65.9 Å². The molecule has 0 saturated carbocycles. The normalized spacial score (nSPS) is 12.4. The number of carbonyl (C=O) groups is 1. The molecular formula is C21H21N3O3S. The predicted molar refractivity (Wildman–Crippen MR) is 109 cm³/mol. The quantitative estimate of drug-likeness (QED) is 0.535. The predicted octanol–water partition coefficient (Wildman–Crippen LogP) is 2.12. The van der Waals surface area contributed by atoms with Crippen molar-refractivity contribution < 1.29 is 13.2 Å². The van der Waals surface area contributed by atoms with E-state index in [-0.39, 0.29) is 17.9 Å². The summed E-state index contributed by atoms with van der Waals surface area (Å²) in [5.41, 5.74) is 2.57. The van der Waals surface area contributed by atoms with E-state index in [1.807, 2.05) is 37.3 Å². The molecular weight excluding hydrogens is 374 g/mol. The van der Waals surface area contributed by atoms with Crippen molar-refractivity contribution in [3.8, 4) is 12.3 Å². The number of sulfonamides is 1. The van der Waals surface area contributed by atoms with Gasteiger partial charge in [-0.25, -0.2) is 8.42 Å². The number of amides is 1. The lowest BCUT2D eigenvalue weighted by Gasteiger charge is -2.18. The van der Waals surface area contributed by atoms with Crippen LogP contribution >= 0.6 is 0 Å². The van der Waals surface area contributed by atoms with E-state index in [9.17, 15) is 13.2 Å². The van der Waals surface area contributed by atoms with Crippen LogP contribution in [0.15, 0.2) is 59.6 Å². The summed E-state index contributed by atoms with van der Waals surface area (Å²) in [5.74, 6) is 1.86. The number of carbonyl (C=O) groups excluding carboxylic acids is 1. The van der Waals surface area contributed by atoms with Gasteiger partial charge in [0.15, 0.2) is 0 Å². The monoisotopic (exact) mass is 395 g/mol. The van der Waals surface area contributed by atoms with Crippen molar-refractivity contribution >= 4 is 26.8 Å². The number of terminal acetylenes is 1. The maximum atomic E-state index is 12.8. The van der Waals surface area contributed by atoms with E-state index in [1.54, 1.807) is 18.3 Å². The van der Waals surface area contributed by atoms with Crippen molar-refractivity contribution in [2.75, 3.05) is 6.54 Å². The Labute approximate surface area is 164 Å². The smallest absolute Gasteiger partial charge is 0.241 e. The molecule has 3 N–H and O–H groups in total. The van der Waals surface area contributed by atoms with Gasteiger partial charge in [0.1, 0.15) is 6.04 Å². The molecule has 1 atom stereocenters. The van der Waals surface area contributed by atoms with Crippen LogP contribution in [0.3, 0.4) is 0 Å². The van der Waals surface area contributed by atoms with E-state index in [2.05, 4.69) is 20.9 Å². The Bertz CT molecular complexity index is 1140. The molecule has 0 fully saturated rings. The summed E-state index contributed by atoms with van der Waals surface area (Å²) in [6.07, 6.45) is 7.18. The largest absolute Gasteiger partial charge is 0.361 e. The molecule has 0 spiro atoms. The molecule has 6 nitrogen and oxygen atoms in total. The highest BCUT2D eigenvalue weighted by Crippen LogP contribution is 2.20. The van der Waals surface area contributed by atoms with Gasteiger partial charge in [0.25, 0.3) is 0 Å². The van der Waals surface area contributed by atoms with Gasteiger partial charge in [-0.2, -0.15) is 4.72 Å². The average Bonchev–Trinajstić information content (AvgIpc) is 3.08. The lowest BCUT2D eigenvalue weighted by molar-refractivity contribution is -0.122. The summed E-state index contributed by atoms with van der Waals surface area (Å²) in [7, 11) is -3.88. The van der Waals surface area contributed by atoms with Gasteiger partial charge < -0.3 is 10.3 Å². The zero-order valence-electron chi connectivity index (χ0n) is 15.4. The lowest BCUT2D eigenvalue weighted by atomic mass is 10.1. The number of aromatic amines is 1. The maximum Gasteiger partial charge on any atom is 0.241 e. The molecule has 1 heterocycles. The van der Waals surface area contributed by atoms with E-state index >= 15 is 0 Å². The minimum atomic E-state index is -3.88. The Morgan fingerprint density at radius 3 is 2.75 bits per heavy atom. The highest BCUT2D eigenvalue weighted by atomic mass is 32.2. The number of hydrogen-bond donors (Lipinski definition) is 3. The zero-order valence-corrected chi connectivity index (χ0v) is 16.2. The van der Waals surface area contributed by atoms with Gasteiger partial charge in [-0.05, 0) is 42.7 Å². The summed E-state index contributed by atoms with van der Waals surface area (Å²) in [5, 5.41) is 3.50. The molecule has 2 aromatic carbocycles. The molecule has 0 saturated heterocycles. The first-order chi connectivity index (χ1) is 13.4. The fourth-order valence-corrected chi connectivity index (χ4v) is 4.31. The number of H-pyrrole nitrogens is 1. The Hall–Kier alpha value is -3.08. The minimum Gasteiger partial charge on any atom is -0.361 e. The van der Waals surface area contributed by atoms with Gasteiger partial charge in [-0.1, -0.05) is 36.3 Å². The van der Waals surface area contributed by atoms with Gasteiger partial charge in [0.2, 0.25) is 15.9 Å². The van der Waals surface area contributed by atoms with Crippen LogP contribution in [0.25, 0.3) is 10.9 Å². The summed E-state index contributed by atoms with van der Waals surface area (Å²) >= 11 is 0. The van der Waals surface area contributed by atoms with Crippen molar-refractivity contribution in [1.29, 1.82) is 0 Å². The molecule has 0 aliphatic heterocycles. The highest BCUT2D eigenvalue weighted by Gasteiger charge is 2.26. The van der Waals surface area contributed by atoms with Crippen LogP contribution in [-0.2, 0) is 21.2 Å².